The number of halogens is 1. The fourth-order valence-electron chi connectivity index (χ4n) is 3.78. The van der Waals surface area contributed by atoms with Gasteiger partial charge in [0.05, 0.1) is 19.7 Å². The maximum absolute atomic E-state index is 15.0. The molecule has 1 saturated carbocycles. The van der Waals surface area contributed by atoms with Gasteiger partial charge in [0.25, 0.3) is 5.91 Å². The second-order valence-corrected chi connectivity index (χ2v) is 8.08. The molecule has 1 heterocycles. The normalized spacial score (nSPS) is 12.9. The number of aromatic nitrogens is 1. The summed E-state index contributed by atoms with van der Waals surface area (Å²) in [6, 6.07) is 17.3. The molecule has 0 aliphatic heterocycles. The highest BCUT2D eigenvalue weighted by Gasteiger charge is 2.24. The van der Waals surface area contributed by atoms with Crippen molar-refractivity contribution < 1.29 is 23.4 Å². The Morgan fingerprint density at radius 2 is 1.71 bits per heavy atom. The average Bonchev–Trinajstić information content (AvgIpc) is 3.68. The number of ether oxygens (including phenoxy) is 3. The molecule has 3 aromatic carbocycles. The third kappa shape index (κ3) is 4.24. The minimum Gasteiger partial charge on any atom is -0.493 e. The molecule has 0 atom stereocenters. The molecule has 7 heteroatoms. The number of hydrogen-bond acceptors (Lipinski definition) is 5. The number of carbonyl (C=O) groups is 1. The van der Waals surface area contributed by atoms with E-state index in [2.05, 4.69) is 10.3 Å². The molecule has 0 bridgehead atoms. The van der Waals surface area contributed by atoms with E-state index < -0.39 is 5.82 Å². The Labute approximate surface area is 196 Å². The number of para-hydroxylation sites is 1. The largest absolute Gasteiger partial charge is 0.493 e. The van der Waals surface area contributed by atoms with Crippen molar-refractivity contribution in [2.75, 3.05) is 14.2 Å². The number of amides is 1. The number of nitrogens with zero attached hydrogens (tertiary/aromatic N) is 1. The predicted octanol–water partition coefficient (Wildman–Crippen LogP) is 5.74. The Hall–Kier alpha value is -4.13. The molecule has 1 N–H and O–H groups in total. The van der Waals surface area contributed by atoms with E-state index in [-0.39, 0.29) is 17.7 Å². The van der Waals surface area contributed by atoms with E-state index in [4.69, 9.17) is 14.2 Å². The Kier molecular flexibility index (Phi) is 5.76. The van der Waals surface area contributed by atoms with Gasteiger partial charge in [0.1, 0.15) is 5.75 Å². The molecule has 1 fully saturated rings. The van der Waals surface area contributed by atoms with Gasteiger partial charge < -0.3 is 19.5 Å². The highest BCUT2D eigenvalue weighted by atomic mass is 19.1. The van der Waals surface area contributed by atoms with Crippen LogP contribution in [0, 0.1) is 5.82 Å². The lowest BCUT2D eigenvalue weighted by Crippen LogP contribution is -2.25. The fraction of sp³-hybridized carbons (Fsp3) is 0.185. The third-order valence-electron chi connectivity index (χ3n) is 5.76. The third-order valence-corrected chi connectivity index (χ3v) is 5.76. The molecule has 6 nitrogen and oxygen atoms in total. The van der Waals surface area contributed by atoms with E-state index in [9.17, 15) is 9.18 Å². The summed E-state index contributed by atoms with van der Waals surface area (Å²) < 4.78 is 31.9. The van der Waals surface area contributed by atoms with E-state index in [0.717, 1.165) is 18.4 Å². The van der Waals surface area contributed by atoms with Gasteiger partial charge in [-0.05, 0) is 48.7 Å². The van der Waals surface area contributed by atoms with Crippen molar-refractivity contribution in [1.82, 2.24) is 10.3 Å². The van der Waals surface area contributed by atoms with Crippen LogP contribution in [0.3, 0.4) is 0 Å². The van der Waals surface area contributed by atoms with Gasteiger partial charge in [-0.1, -0.05) is 24.3 Å². The standard InChI is InChI=1S/C27H23FN2O4/c1-32-24-14-20-22(15-25(24)33-2)29-13-12-23(20)34-26-19(4-3-5-21(26)28)16-6-8-17(9-7-16)27(31)30-18-10-11-18/h3-9,12-15,18H,10-11H2,1-2H3,(H,30,31). The molecule has 0 unspecified atom stereocenters. The highest BCUT2D eigenvalue weighted by molar-refractivity contribution is 5.95. The van der Waals surface area contributed by atoms with Gasteiger partial charge in [-0.25, -0.2) is 4.39 Å². The number of fused-ring (bicyclic) bond motifs is 1. The Morgan fingerprint density at radius 3 is 2.41 bits per heavy atom. The highest BCUT2D eigenvalue weighted by Crippen LogP contribution is 2.40. The first-order valence-electron chi connectivity index (χ1n) is 11.0. The van der Waals surface area contributed by atoms with Gasteiger partial charge >= 0.3 is 0 Å². The van der Waals surface area contributed by atoms with E-state index in [0.29, 0.717) is 39.3 Å². The lowest BCUT2D eigenvalue weighted by atomic mass is 10.0. The fourth-order valence-corrected chi connectivity index (χ4v) is 3.78. The molecule has 1 aliphatic carbocycles. The quantitative estimate of drug-likeness (QED) is 0.382. The summed E-state index contributed by atoms with van der Waals surface area (Å²) in [5.74, 6) is 0.965. The summed E-state index contributed by atoms with van der Waals surface area (Å²) in [6.45, 7) is 0. The molecule has 172 valence electrons. The molecule has 4 aromatic rings. The van der Waals surface area contributed by atoms with Crippen LogP contribution in [0.25, 0.3) is 22.0 Å². The monoisotopic (exact) mass is 458 g/mol. The van der Waals surface area contributed by atoms with Gasteiger partial charge in [0.15, 0.2) is 23.1 Å². The first-order chi connectivity index (χ1) is 16.6. The molecule has 5 rings (SSSR count). The van der Waals surface area contributed by atoms with Crippen LogP contribution in [0.4, 0.5) is 4.39 Å². The molecule has 34 heavy (non-hydrogen) atoms. The number of benzene rings is 3. The Morgan fingerprint density at radius 1 is 0.971 bits per heavy atom. The van der Waals surface area contributed by atoms with Crippen molar-refractivity contribution in [3.63, 3.8) is 0 Å². The summed E-state index contributed by atoms with van der Waals surface area (Å²) in [5.41, 5.74) is 2.49. The molecule has 0 spiro atoms. The van der Waals surface area contributed by atoms with Crippen molar-refractivity contribution >= 4 is 16.8 Å². The summed E-state index contributed by atoms with van der Waals surface area (Å²) in [6.07, 6.45) is 3.64. The molecular formula is C27H23FN2O4. The van der Waals surface area contributed by atoms with Crippen LogP contribution < -0.4 is 19.5 Å². The van der Waals surface area contributed by atoms with Gasteiger partial charge in [-0.2, -0.15) is 0 Å². The van der Waals surface area contributed by atoms with Crippen molar-refractivity contribution in [3.05, 3.63) is 78.2 Å². The van der Waals surface area contributed by atoms with Crippen molar-refractivity contribution in [3.8, 4) is 34.1 Å². The zero-order valence-electron chi connectivity index (χ0n) is 18.8. The van der Waals surface area contributed by atoms with Gasteiger partial charge in [-0.3, -0.25) is 9.78 Å². The van der Waals surface area contributed by atoms with E-state index >= 15 is 0 Å². The molecular weight excluding hydrogens is 435 g/mol. The van der Waals surface area contributed by atoms with Crippen LogP contribution in [0.2, 0.25) is 0 Å². The smallest absolute Gasteiger partial charge is 0.251 e. The van der Waals surface area contributed by atoms with Crippen LogP contribution in [0.1, 0.15) is 23.2 Å². The minimum atomic E-state index is -0.501. The number of rotatable bonds is 7. The number of nitrogens with one attached hydrogen (secondary N) is 1. The summed E-state index contributed by atoms with van der Waals surface area (Å²) in [4.78, 5) is 16.7. The SMILES string of the molecule is COc1cc2nccc(Oc3c(F)cccc3-c3ccc(C(=O)NC4CC4)cc3)c2cc1OC. The number of pyridine rings is 1. The molecule has 0 saturated heterocycles. The van der Waals surface area contributed by atoms with Gasteiger partial charge in [0.2, 0.25) is 0 Å². The molecule has 1 aliphatic rings. The van der Waals surface area contributed by atoms with Crippen molar-refractivity contribution in [2.45, 2.75) is 18.9 Å². The number of methoxy groups -OCH3 is 2. The Bertz CT molecular complexity index is 1370. The first-order valence-corrected chi connectivity index (χ1v) is 11.0. The van der Waals surface area contributed by atoms with E-state index in [1.807, 2.05) is 0 Å². The zero-order valence-corrected chi connectivity index (χ0v) is 18.8. The second kappa shape index (κ2) is 9.02. The first kappa shape index (κ1) is 21.7. The van der Waals surface area contributed by atoms with E-state index in [1.165, 1.54) is 6.07 Å². The summed E-state index contributed by atoms with van der Waals surface area (Å²) >= 11 is 0. The van der Waals surface area contributed by atoms with Gasteiger partial charge in [-0.15, -0.1) is 0 Å². The topological polar surface area (TPSA) is 69.7 Å². The summed E-state index contributed by atoms with van der Waals surface area (Å²) in [7, 11) is 3.10. The second-order valence-electron chi connectivity index (χ2n) is 8.08. The van der Waals surface area contributed by atoms with Crippen molar-refractivity contribution in [2.24, 2.45) is 0 Å². The lowest BCUT2D eigenvalue weighted by molar-refractivity contribution is 0.0951. The van der Waals surface area contributed by atoms with Crippen LogP contribution in [-0.2, 0) is 0 Å². The maximum Gasteiger partial charge on any atom is 0.251 e. The molecule has 0 radical (unpaired) electrons. The van der Waals surface area contributed by atoms with Crippen LogP contribution in [0.5, 0.6) is 23.0 Å². The Balaban J connectivity index is 1.51. The molecule has 1 amide bonds. The number of hydrogen-bond donors (Lipinski definition) is 1. The maximum atomic E-state index is 15.0. The van der Waals surface area contributed by atoms with Gasteiger partial charge in [0, 0.05) is 34.8 Å². The van der Waals surface area contributed by atoms with Crippen LogP contribution in [0.15, 0.2) is 66.9 Å². The van der Waals surface area contributed by atoms with Crippen molar-refractivity contribution in [1.29, 1.82) is 0 Å². The van der Waals surface area contributed by atoms with E-state index in [1.54, 1.807) is 75.0 Å². The summed E-state index contributed by atoms with van der Waals surface area (Å²) in [5, 5.41) is 3.62. The van der Waals surface area contributed by atoms with Crippen LogP contribution >= 0.6 is 0 Å². The zero-order chi connectivity index (χ0) is 23.7. The minimum absolute atomic E-state index is 0.0833. The average molecular weight is 458 g/mol. The predicted molar refractivity (Wildman–Crippen MR) is 127 cm³/mol. The number of carbonyl (C=O) groups excluding carboxylic acids is 1. The lowest BCUT2D eigenvalue weighted by Gasteiger charge is -2.15. The molecule has 1 aromatic heterocycles. The van der Waals surface area contributed by atoms with Crippen LogP contribution in [-0.4, -0.2) is 31.2 Å².